The van der Waals surface area contributed by atoms with Crippen molar-refractivity contribution < 1.29 is 13.7 Å². The van der Waals surface area contributed by atoms with Gasteiger partial charge in [0.25, 0.3) is 0 Å². The molecule has 0 bridgehead atoms. The Kier molecular flexibility index (Phi) is 6.96. The SMILES string of the molecule is O=C(CCc1nc(CSc2nc(-c3cccc(Cl)c3)cs2)no1)Nc1ccc(F)cc1. The molecule has 6 nitrogen and oxygen atoms in total. The molecule has 0 atom stereocenters. The Balaban J connectivity index is 1.26. The number of aromatic nitrogens is 3. The molecule has 0 aliphatic carbocycles. The van der Waals surface area contributed by atoms with Crippen molar-refractivity contribution in [1.29, 1.82) is 0 Å². The van der Waals surface area contributed by atoms with Crippen LogP contribution in [0.5, 0.6) is 0 Å². The number of carbonyl (C=O) groups excluding carboxylic acids is 1. The smallest absolute Gasteiger partial charge is 0.227 e. The summed E-state index contributed by atoms with van der Waals surface area (Å²) in [4.78, 5) is 20.9. The second-order valence-electron chi connectivity index (χ2n) is 6.46. The number of benzene rings is 2. The summed E-state index contributed by atoms with van der Waals surface area (Å²) in [6, 6.07) is 13.2. The zero-order chi connectivity index (χ0) is 21.6. The Bertz CT molecular complexity index is 1180. The molecule has 2 aromatic carbocycles. The second-order valence-corrected chi connectivity index (χ2v) is 8.97. The van der Waals surface area contributed by atoms with E-state index in [-0.39, 0.29) is 18.1 Å². The van der Waals surface area contributed by atoms with Crippen molar-refractivity contribution in [2.45, 2.75) is 22.9 Å². The summed E-state index contributed by atoms with van der Waals surface area (Å²) in [6.07, 6.45) is 0.502. The molecule has 1 amide bonds. The van der Waals surface area contributed by atoms with E-state index in [0.29, 0.717) is 34.6 Å². The maximum absolute atomic E-state index is 12.9. The number of thioether (sulfide) groups is 1. The number of hydrogen-bond donors (Lipinski definition) is 1. The van der Waals surface area contributed by atoms with Crippen LogP contribution in [-0.2, 0) is 17.0 Å². The van der Waals surface area contributed by atoms with Crippen molar-refractivity contribution in [3.05, 3.63) is 76.5 Å². The maximum atomic E-state index is 12.9. The lowest BCUT2D eigenvalue weighted by Gasteiger charge is -2.03. The highest BCUT2D eigenvalue weighted by Gasteiger charge is 2.12. The van der Waals surface area contributed by atoms with E-state index < -0.39 is 0 Å². The van der Waals surface area contributed by atoms with Gasteiger partial charge in [-0.3, -0.25) is 4.79 Å². The van der Waals surface area contributed by atoms with Gasteiger partial charge in [0.2, 0.25) is 11.8 Å². The quantitative estimate of drug-likeness (QED) is 0.323. The fraction of sp³-hybridized carbons (Fsp3) is 0.143. The van der Waals surface area contributed by atoms with Gasteiger partial charge in [-0.1, -0.05) is 40.7 Å². The predicted molar refractivity (Wildman–Crippen MR) is 120 cm³/mol. The van der Waals surface area contributed by atoms with Crippen LogP contribution in [0.4, 0.5) is 10.1 Å². The Morgan fingerprint density at radius 3 is 2.84 bits per heavy atom. The minimum absolute atomic E-state index is 0.182. The van der Waals surface area contributed by atoms with E-state index in [9.17, 15) is 9.18 Å². The number of hydrogen-bond acceptors (Lipinski definition) is 7. The van der Waals surface area contributed by atoms with Crippen molar-refractivity contribution >= 4 is 46.3 Å². The largest absolute Gasteiger partial charge is 0.339 e. The summed E-state index contributed by atoms with van der Waals surface area (Å²) in [5.74, 6) is 0.875. The maximum Gasteiger partial charge on any atom is 0.227 e. The van der Waals surface area contributed by atoms with Gasteiger partial charge in [-0.25, -0.2) is 9.37 Å². The molecule has 0 saturated heterocycles. The first kappa shape index (κ1) is 21.5. The molecule has 2 aromatic heterocycles. The molecule has 0 radical (unpaired) electrons. The van der Waals surface area contributed by atoms with Crippen molar-refractivity contribution in [2.75, 3.05) is 5.32 Å². The molecule has 0 fully saturated rings. The molecule has 0 saturated carbocycles. The topological polar surface area (TPSA) is 80.9 Å². The van der Waals surface area contributed by atoms with Crippen LogP contribution in [0.15, 0.2) is 62.8 Å². The van der Waals surface area contributed by atoms with Crippen LogP contribution in [0.3, 0.4) is 0 Å². The molecule has 0 aliphatic heterocycles. The predicted octanol–water partition coefficient (Wildman–Crippen LogP) is 5.85. The van der Waals surface area contributed by atoms with E-state index in [1.54, 1.807) is 0 Å². The Labute approximate surface area is 190 Å². The van der Waals surface area contributed by atoms with E-state index in [1.807, 2.05) is 29.6 Å². The molecule has 1 N–H and O–H groups in total. The van der Waals surface area contributed by atoms with Crippen molar-refractivity contribution in [3.63, 3.8) is 0 Å². The highest BCUT2D eigenvalue weighted by molar-refractivity contribution is 8.00. The molecular weight excluding hydrogens is 459 g/mol. The third kappa shape index (κ3) is 6.13. The van der Waals surface area contributed by atoms with E-state index >= 15 is 0 Å². The van der Waals surface area contributed by atoms with Crippen LogP contribution >= 0.6 is 34.7 Å². The Morgan fingerprint density at radius 2 is 2.03 bits per heavy atom. The van der Waals surface area contributed by atoms with Gasteiger partial charge in [0.15, 0.2) is 10.2 Å². The molecule has 4 rings (SSSR count). The van der Waals surface area contributed by atoms with Crippen LogP contribution < -0.4 is 5.32 Å². The summed E-state index contributed by atoms with van der Waals surface area (Å²) >= 11 is 9.09. The number of carbonyl (C=O) groups is 1. The van der Waals surface area contributed by atoms with Crippen LogP contribution in [-0.4, -0.2) is 21.0 Å². The average Bonchev–Trinajstić information content (AvgIpc) is 3.42. The standard InChI is InChI=1S/C21H16ClFN4O2S2/c22-14-3-1-2-13(10-14)17-11-30-21(25-17)31-12-18-26-20(29-27-18)9-8-19(28)24-16-6-4-15(23)5-7-16/h1-7,10-11H,8-9,12H2,(H,24,28). The number of rotatable bonds is 8. The van der Waals surface area contributed by atoms with Gasteiger partial charge in [0, 0.05) is 34.5 Å². The van der Waals surface area contributed by atoms with Gasteiger partial charge in [0.05, 0.1) is 11.4 Å². The van der Waals surface area contributed by atoms with Gasteiger partial charge in [0.1, 0.15) is 5.82 Å². The van der Waals surface area contributed by atoms with Gasteiger partial charge < -0.3 is 9.84 Å². The highest BCUT2D eigenvalue weighted by Crippen LogP contribution is 2.30. The van der Waals surface area contributed by atoms with Gasteiger partial charge in [-0.05, 0) is 36.4 Å². The number of nitrogens with one attached hydrogen (secondary N) is 1. The van der Waals surface area contributed by atoms with Crippen LogP contribution in [0, 0.1) is 5.82 Å². The first-order chi connectivity index (χ1) is 15.0. The monoisotopic (exact) mass is 474 g/mol. The van der Waals surface area contributed by atoms with E-state index in [0.717, 1.165) is 15.6 Å². The lowest BCUT2D eigenvalue weighted by atomic mass is 10.2. The van der Waals surface area contributed by atoms with E-state index in [4.69, 9.17) is 16.1 Å². The molecule has 4 aromatic rings. The first-order valence-electron chi connectivity index (χ1n) is 9.26. The van der Waals surface area contributed by atoms with Crippen molar-refractivity contribution in [2.24, 2.45) is 0 Å². The lowest BCUT2D eigenvalue weighted by molar-refractivity contribution is -0.116. The minimum Gasteiger partial charge on any atom is -0.339 e. The molecule has 10 heteroatoms. The number of amides is 1. The molecular formula is C21H16ClFN4O2S2. The fourth-order valence-corrected chi connectivity index (χ4v) is 4.53. The number of thiazole rings is 1. The zero-order valence-electron chi connectivity index (χ0n) is 16.0. The molecule has 2 heterocycles. The summed E-state index contributed by atoms with van der Waals surface area (Å²) in [6.45, 7) is 0. The molecule has 31 heavy (non-hydrogen) atoms. The molecule has 0 spiro atoms. The number of aryl methyl sites for hydroxylation is 1. The number of anilines is 1. The van der Waals surface area contributed by atoms with E-state index in [1.165, 1.54) is 47.4 Å². The van der Waals surface area contributed by atoms with Crippen LogP contribution in [0.25, 0.3) is 11.3 Å². The van der Waals surface area contributed by atoms with Gasteiger partial charge in [-0.15, -0.1) is 11.3 Å². The third-order valence-electron chi connectivity index (χ3n) is 4.13. The van der Waals surface area contributed by atoms with Crippen LogP contribution in [0.1, 0.15) is 18.1 Å². The lowest BCUT2D eigenvalue weighted by Crippen LogP contribution is -2.12. The number of halogens is 2. The molecule has 0 unspecified atom stereocenters. The van der Waals surface area contributed by atoms with Crippen molar-refractivity contribution in [1.82, 2.24) is 15.1 Å². The van der Waals surface area contributed by atoms with Crippen LogP contribution in [0.2, 0.25) is 5.02 Å². The summed E-state index contributed by atoms with van der Waals surface area (Å²) in [7, 11) is 0. The molecule has 0 aliphatic rings. The second kappa shape index (κ2) is 10.0. The Hall–Kier alpha value is -2.75. The number of nitrogens with zero attached hydrogens (tertiary/aromatic N) is 3. The fourth-order valence-electron chi connectivity index (χ4n) is 2.66. The zero-order valence-corrected chi connectivity index (χ0v) is 18.4. The first-order valence-corrected chi connectivity index (χ1v) is 11.5. The summed E-state index contributed by atoms with van der Waals surface area (Å²) in [5.41, 5.74) is 2.38. The minimum atomic E-state index is -0.354. The third-order valence-corrected chi connectivity index (χ3v) is 6.38. The molecule has 158 valence electrons. The van der Waals surface area contributed by atoms with Crippen molar-refractivity contribution in [3.8, 4) is 11.3 Å². The summed E-state index contributed by atoms with van der Waals surface area (Å²) < 4.78 is 19.0. The highest BCUT2D eigenvalue weighted by atomic mass is 35.5. The average molecular weight is 475 g/mol. The van der Waals surface area contributed by atoms with E-state index in [2.05, 4.69) is 20.4 Å². The van der Waals surface area contributed by atoms with Gasteiger partial charge in [-0.2, -0.15) is 4.98 Å². The normalized spacial score (nSPS) is 10.9. The Morgan fingerprint density at radius 1 is 1.19 bits per heavy atom. The van der Waals surface area contributed by atoms with Gasteiger partial charge >= 0.3 is 0 Å². The summed E-state index contributed by atoms with van der Waals surface area (Å²) in [5, 5.41) is 9.31.